The van der Waals surface area contributed by atoms with E-state index in [4.69, 9.17) is 0 Å². The van der Waals surface area contributed by atoms with Crippen molar-refractivity contribution in [3.63, 3.8) is 0 Å². The Morgan fingerprint density at radius 1 is 1.27 bits per heavy atom. The fourth-order valence-corrected chi connectivity index (χ4v) is 4.13. The van der Waals surface area contributed by atoms with Crippen molar-refractivity contribution in [1.29, 1.82) is 0 Å². The zero-order chi connectivity index (χ0) is 21.0. The first-order valence-electron chi connectivity index (χ1n) is 9.56. The third kappa shape index (κ3) is 3.16. The molecule has 2 bridgehead atoms. The number of anilines is 2. The van der Waals surface area contributed by atoms with Gasteiger partial charge in [0.25, 0.3) is 5.91 Å². The zero-order valence-electron chi connectivity index (χ0n) is 16.0. The SMILES string of the molecule is Cn1cc(NC(=O)c2ccc3cnc(N4C[C@@H]5CC[C@@H]4CN5)nn23)c(C(F)(F)F)n1. The standard InChI is InChI=1S/C18H19F3N8O/c1-27-9-13(15(25-27)18(19,20)21)24-16(30)14-5-4-12-7-23-17(26-29(12)14)28-8-10-2-3-11(28)6-22-10/h4-5,7,9-11,22H,2-3,6,8H2,1H3,(H,24,30)/t10-,11+/m0/s1. The first-order chi connectivity index (χ1) is 14.3. The zero-order valence-corrected chi connectivity index (χ0v) is 16.0. The van der Waals surface area contributed by atoms with Gasteiger partial charge in [0.15, 0.2) is 5.69 Å². The molecule has 1 amide bonds. The predicted molar refractivity (Wildman–Crippen MR) is 101 cm³/mol. The van der Waals surface area contributed by atoms with Gasteiger partial charge in [0.1, 0.15) is 5.69 Å². The maximum atomic E-state index is 13.2. The van der Waals surface area contributed by atoms with Crippen LogP contribution in [0.1, 0.15) is 29.0 Å². The van der Waals surface area contributed by atoms with Crippen LogP contribution in [0.5, 0.6) is 0 Å². The Labute approximate surface area is 168 Å². The number of nitrogens with zero attached hydrogens (tertiary/aromatic N) is 6. The van der Waals surface area contributed by atoms with Crippen molar-refractivity contribution < 1.29 is 18.0 Å². The molecule has 0 spiro atoms. The molecular formula is C18H19F3N8O. The van der Waals surface area contributed by atoms with Crippen LogP contribution in [0.15, 0.2) is 24.5 Å². The van der Waals surface area contributed by atoms with Gasteiger partial charge in [-0.15, -0.1) is 5.10 Å². The topological polar surface area (TPSA) is 92.4 Å². The number of carbonyl (C=O) groups excluding carboxylic acids is 1. The van der Waals surface area contributed by atoms with Crippen LogP contribution >= 0.6 is 0 Å². The third-order valence-electron chi connectivity index (χ3n) is 5.57. The number of amides is 1. The number of halogens is 3. The van der Waals surface area contributed by atoms with Crippen molar-refractivity contribution in [3.05, 3.63) is 35.9 Å². The molecule has 6 heterocycles. The quantitative estimate of drug-likeness (QED) is 0.670. The van der Waals surface area contributed by atoms with Crippen molar-refractivity contribution in [2.24, 2.45) is 7.05 Å². The lowest BCUT2D eigenvalue weighted by Gasteiger charge is -2.45. The van der Waals surface area contributed by atoms with Crippen molar-refractivity contribution >= 4 is 23.1 Å². The Morgan fingerprint density at radius 2 is 2.10 bits per heavy atom. The van der Waals surface area contributed by atoms with E-state index in [0.29, 0.717) is 17.5 Å². The Kier molecular flexibility index (Phi) is 4.20. The predicted octanol–water partition coefficient (Wildman–Crippen LogP) is 1.67. The molecule has 3 aromatic rings. The number of carbonyl (C=O) groups is 1. The minimum Gasteiger partial charge on any atom is -0.334 e. The average Bonchev–Trinajstić information content (AvgIpc) is 3.31. The van der Waals surface area contributed by atoms with Crippen LogP contribution in [0.3, 0.4) is 0 Å². The maximum absolute atomic E-state index is 13.2. The average molecular weight is 420 g/mol. The molecule has 0 aliphatic carbocycles. The van der Waals surface area contributed by atoms with Crippen molar-refractivity contribution in [2.75, 3.05) is 23.3 Å². The summed E-state index contributed by atoms with van der Waals surface area (Å²) >= 11 is 0. The minimum atomic E-state index is -4.68. The molecule has 2 atom stereocenters. The molecule has 9 nitrogen and oxygen atoms in total. The number of alkyl halides is 3. The van der Waals surface area contributed by atoms with Crippen LogP contribution < -0.4 is 15.5 Å². The molecule has 3 aliphatic rings. The van der Waals surface area contributed by atoms with Gasteiger partial charge >= 0.3 is 6.18 Å². The van der Waals surface area contributed by atoms with Crippen LogP contribution in [0, 0.1) is 0 Å². The summed E-state index contributed by atoms with van der Waals surface area (Å²) in [7, 11) is 1.36. The molecule has 0 unspecified atom stereocenters. The second-order valence-electron chi connectivity index (χ2n) is 7.62. The number of piperidine rings is 2. The molecular weight excluding hydrogens is 401 g/mol. The summed E-state index contributed by atoms with van der Waals surface area (Å²) in [5.41, 5.74) is -0.859. The summed E-state index contributed by atoms with van der Waals surface area (Å²) < 4.78 is 42.0. The van der Waals surface area contributed by atoms with Crippen LogP contribution in [-0.2, 0) is 13.2 Å². The van der Waals surface area contributed by atoms with Gasteiger partial charge in [-0.2, -0.15) is 18.3 Å². The summed E-state index contributed by atoms with van der Waals surface area (Å²) in [4.78, 5) is 19.3. The third-order valence-corrected chi connectivity index (χ3v) is 5.57. The highest BCUT2D eigenvalue weighted by atomic mass is 19.4. The summed E-state index contributed by atoms with van der Waals surface area (Å²) in [5, 5.41) is 13.7. The van der Waals surface area contributed by atoms with Gasteiger partial charge in [0.05, 0.1) is 17.4 Å². The first kappa shape index (κ1) is 18.9. The fourth-order valence-electron chi connectivity index (χ4n) is 4.13. The maximum Gasteiger partial charge on any atom is 0.437 e. The van der Waals surface area contributed by atoms with Gasteiger partial charge in [-0.3, -0.25) is 9.48 Å². The largest absolute Gasteiger partial charge is 0.437 e. The summed E-state index contributed by atoms with van der Waals surface area (Å²) in [6.45, 7) is 1.63. The van der Waals surface area contributed by atoms with Crippen molar-refractivity contribution in [3.8, 4) is 0 Å². The highest BCUT2D eigenvalue weighted by Crippen LogP contribution is 2.33. The lowest BCUT2D eigenvalue weighted by molar-refractivity contribution is -0.140. The Balaban J connectivity index is 1.46. The lowest BCUT2D eigenvalue weighted by Crippen LogP contribution is -2.61. The van der Waals surface area contributed by atoms with Gasteiger partial charge < -0.3 is 15.5 Å². The summed E-state index contributed by atoms with van der Waals surface area (Å²) in [6, 6.07) is 3.82. The molecule has 158 valence electrons. The van der Waals surface area contributed by atoms with Crippen LogP contribution in [-0.4, -0.2) is 55.5 Å². The van der Waals surface area contributed by atoms with Crippen LogP contribution in [0.25, 0.3) is 5.52 Å². The van der Waals surface area contributed by atoms with E-state index >= 15 is 0 Å². The van der Waals surface area contributed by atoms with E-state index in [9.17, 15) is 18.0 Å². The molecule has 0 aromatic carbocycles. The molecule has 3 aliphatic heterocycles. The van der Waals surface area contributed by atoms with E-state index in [2.05, 4.69) is 30.7 Å². The molecule has 0 saturated carbocycles. The van der Waals surface area contributed by atoms with Gasteiger partial charge in [-0.05, 0) is 25.0 Å². The smallest absolute Gasteiger partial charge is 0.334 e. The molecule has 6 rings (SSSR count). The normalized spacial score (nSPS) is 21.4. The number of fused-ring (bicyclic) bond motifs is 4. The van der Waals surface area contributed by atoms with Crippen molar-refractivity contribution in [1.82, 2.24) is 29.7 Å². The molecule has 2 N–H and O–H groups in total. The lowest BCUT2D eigenvalue weighted by atomic mass is 9.93. The van der Waals surface area contributed by atoms with E-state index < -0.39 is 23.5 Å². The number of aromatic nitrogens is 5. The highest BCUT2D eigenvalue weighted by molar-refractivity contribution is 6.04. The fraction of sp³-hybridized carbons (Fsp3) is 0.444. The Morgan fingerprint density at radius 3 is 2.77 bits per heavy atom. The molecule has 12 heteroatoms. The number of rotatable bonds is 3. The van der Waals surface area contributed by atoms with E-state index in [1.807, 2.05) is 0 Å². The monoisotopic (exact) mass is 420 g/mol. The van der Waals surface area contributed by atoms with E-state index in [-0.39, 0.29) is 11.7 Å². The molecule has 3 saturated heterocycles. The minimum absolute atomic E-state index is 0.117. The van der Waals surface area contributed by atoms with Crippen LogP contribution in [0.4, 0.5) is 24.8 Å². The molecule has 0 radical (unpaired) electrons. The van der Waals surface area contributed by atoms with Gasteiger partial charge in [0, 0.05) is 38.4 Å². The van der Waals surface area contributed by atoms with Gasteiger partial charge in [-0.25, -0.2) is 9.50 Å². The molecule has 3 aromatic heterocycles. The highest BCUT2D eigenvalue weighted by Gasteiger charge is 2.38. The second kappa shape index (κ2) is 6.69. The summed E-state index contributed by atoms with van der Waals surface area (Å²) in [5.74, 6) is -0.207. The van der Waals surface area contributed by atoms with E-state index in [1.54, 1.807) is 12.3 Å². The van der Waals surface area contributed by atoms with Crippen LogP contribution in [0.2, 0.25) is 0 Å². The number of hydrogen-bond donors (Lipinski definition) is 2. The summed E-state index contributed by atoms with van der Waals surface area (Å²) in [6.07, 6.45) is 0.197. The van der Waals surface area contributed by atoms with E-state index in [0.717, 1.165) is 36.8 Å². The molecule has 3 fully saturated rings. The number of aryl methyl sites for hydroxylation is 1. The van der Waals surface area contributed by atoms with Gasteiger partial charge in [-0.1, -0.05) is 0 Å². The number of nitrogens with one attached hydrogen (secondary N) is 2. The second-order valence-corrected chi connectivity index (χ2v) is 7.62. The van der Waals surface area contributed by atoms with Gasteiger partial charge in [0.2, 0.25) is 5.95 Å². The van der Waals surface area contributed by atoms with E-state index in [1.165, 1.54) is 17.6 Å². The Hall–Kier alpha value is -3.15. The number of piperazine rings is 1. The first-order valence-corrected chi connectivity index (χ1v) is 9.56. The number of hydrogen-bond acceptors (Lipinski definition) is 6. The van der Waals surface area contributed by atoms with Crippen molar-refractivity contribution in [2.45, 2.75) is 31.1 Å². The Bertz CT molecular complexity index is 1110. The molecule has 30 heavy (non-hydrogen) atoms.